The quantitative estimate of drug-likeness (QED) is 0.810. The van der Waals surface area contributed by atoms with Gasteiger partial charge in [-0.3, -0.25) is 0 Å². The molecule has 1 N–H and O–H groups in total. The van der Waals surface area contributed by atoms with E-state index in [-0.39, 0.29) is 6.10 Å². The molecule has 92 valence electrons. The molecule has 2 rings (SSSR count). The van der Waals surface area contributed by atoms with Crippen molar-refractivity contribution in [3.8, 4) is 0 Å². The molecule has 1 aromatic carbocycles. The van der Waals surface area contributed by atoms with E-state index < -0.39 is 0 Å². The van der Waals surface area contributed by atoms with E-state index in [1.165, 1.54) is 23.1 Å². The molecule has 1 atom stereocenters. The lowest BCUT2D eigenvalue weighted by Gasteiger charge is -2.09. The van der Waals surface area contributed by atoms with Crippen molar-refractivity contribution in [3.63, 3.8) is 0 Å². The molecule has 0 aliphatic heterocycles. The van der Waals surface area contributed by atoms with E-state index in [1.807, 2.05) is 6.08 Å². The molecule has 0 bridgehead atoms. The maximum absolute atomic E-state index is 9.79. The van der Waals surface area contributed by atoms with Crippen LogP contribution in [0.1, 0.15) is 56.6 Å². The number of aliphatic hydroxyl groups excluding tert-OH is 1. The van der Waals surface area contributed by atoms with Crippen LogP contribution < -0.4 is 0 Å². The monoisotopic (exact) mass is 230 g/mol. The van der Waals surface area contributed by atoms with Gasteiger partial charge in [0.1, 0.15) is 0 Å². The van der Waals surface area contributed by atoms with Crippen molar-refractivity contribution < 1.29 is 5.11 Å². The average molecular weight is 230 g/mol. The SMILES string of the molecule is CC(C)c1ccc(C2=CC(O)CCCC2)cc1. The number of hydrogen-bond acceptors (Lipinski definition) is 1. The summed E-state index contributed by atoms with van der Waals surface area (Å²) >= 11 is 0. The molecule has 1 aromatic rings. The number of benzene rings is 1. The predicted molar refractivity (Wildman–Crippen MR) is 73.0 cm³/mol. The Balaban J connectivity index is 2.21. The Kier molecular flexibility index (Phi) is 4.01. The summed E-state index contributed by atoms with van der Waals surface area (Å²) in [5.41, 5.74) is 3.96. The molecule has 1 unspecified atom stereocenters. The second-order valence-corrected chi connectivity index (χ2v) is 5.28. The molecule has 1 aliphatic carbocycles. The van der Waals surface area contributed by atoms with E-state index in [1.54, 1.807) is 0 Å². The second-order valence-electron chi connectivity index (χ2n) is 5.28. The Bertz CT molecular complexity index is 386. The van der Waals surface area contributed by atoms with Crippen molar-refractivity contribution in [2.45, 2.75) is 51.6 Å². The van der Waals surface area contributed by atoms with E-state index in [2.05, 4.69) is 38.1 Å². The largest absolute Gasteiger partial charge is 0.389 e. The highest BCUT2D eigenvalue weighted by Crippen LogP contribution is 2.27. The van der Waals surface area contributed by atoms with Gasteiger partial charge in [-0.15, -0.1) is 0 Å². The van der Waals surface area contributed by atoms with Crippen LogP contribution in [0.15, 0.2) is 30.3 Å². The van der Waals surface area contributed by atoms with E-state index >= 15 is 0 Å². The van der Waals surface area contributed by atoms with Gasteiger partial charge < -0.3 is 5.11 Å². The van der Waals surface area contributed by atoms with Gasteiger partial charge in [-0.05, 0) is 41.9 Å². The third-order valence-electron chi connectivity index (χ3n) is 3.54. The highest BCUT2D eigenvalue weighted by atomic mass is 16.3. The zero-order chi connectivity index (χ0) is 12.3. The predicted octanol–water partition coefficient (Wildman–Crippen LogP) is 4.13. The molecule has 17 heavy (non-hydrogen) atoms. The van der Waals surface area contributed by atoms with E-state index in [9.17, 15) is 5.11 Å². The maximum atomic E-state index is 9.79. The molecule has 0 fully saturated rings. The Morgan fingerprint density at radius 2 is 1.82 bits per heavy atom. The van der Waals surface area contributed by atoms with Crippen LogP contribution in [0, 0.1) is 0 Å². The minimum absolute atomic E-state index is 0.253. The fourth-order valence-corrected chi connectivity index (χ4v) is 2.39. The lowest BCUT2D eigenvalue weighted by molar-refractivity contribution is 0.211. The van der Waals surface area contributed by atoms with Crippen molar-refractivity contribution in [1.82, 2.24) is 0 Å². The van der Waals surface area contributed by atoms with Crippen molar-refractivity contribution >= 4 is 5.57 Å². The Morgan fingerprint density at radius 1 is 1.12 bits per heavy atom. The lowest BCUT2D eigenvalue weighted by atomic mass is 9.96. The molecule has 1 nitrogen and oxygen atoms in total. The van der Waals surface area contributed by atoms with Gasteiger partial charge in [0.25, 0.3) is 0 Å². The average Bonchev–Trinajstić information content (AvgIpc) is 2.54. The summed E-state index contributed by atoms with van der Waals surface area (Å²) in [6.07, 6.45) is 6.11. The number of rotatable bonds is 2. The smallest absolute Gasteiger partial charge is 0.0726 e. The second kappa shape index (κ2) is 5.50. The number of allylic oxidation sites excluding steroid dienone is 1. The van der Waals surface area contributed by atoms with Crippen LogP contribution in [0.25, 0.3) is 5.57 Å². The van der Waals surface area contributed by atoms with Crippen LogP contribution >= 0.6 is 0 Å². The van der Waals surface area contributed by atoms with E-state index in [0.29, 0.717) is 5.92 Å². The fraction of sp³-hybridized carbons (Fsp3) is 0.500. The molecule has 1 aliphatic rings. The minimum atomic E-state index is -0.253. The number of hydrogen-bond donors (Lipinski definition) is 1. The first-order valence-electron chi connectivity index (χ1n) is 6.66. The van der Waals surface area contributed by atoms with Crippen LogP contribution in [0.4, 0.5) is 0 Å². The fourth-order valence-electron chi connectivity index (χ4n) is 2.39. The lowest BCUT2D eigenvalue weighted by Crippen LogP contribution is -2.00. The zero-order valence-electron chi connectivity index (χ0n) is 10.8. The molecule has 0 amide bonds. The van der Waals surface area contributed by atoms with Crippen molar-refractivity contribution in [2.75, 3.05) is 0 Å². The summed E-state index contributed by atoms with van der Waals surface area (Å²) in [7, 11) is 0. The van der Waals surface area contributed by atoms with Gasteiger partial charge >= 0.3 is 0 Å². The zero-order valence-corrected chi connectivity index (χ0v) is 10.8. The standard InChI is InChI=1S/C16H22O/c1-12(2)13-7-9-14(10-8-13)15-5-3-4-6-16(17)11-15/h7-12,16-17H,3-6H2,1-2H3. The summed E-state index contributed by atoms with van der Waals surface area (Å²) in [5, 5.41) is 9.79. The van der Waals surface area contributed by atoms with Crippen LogP contribution in [-0.2, 0) is 0 Å². The molecule has 0 saturated heterocycles. The summed E-state index contributed by atoms with van der Waals surface area (Å²) < 4.78 is 0. The third kappa shape index (κ3) is 3.19. The third-order valence-corrected chi connectivity index (χ3v) is 3.54. The van der Waals surface area contributed by atoms with Gasteiger partial charge in [0.15, 0.2) is 0 Å². The summed E-state index contributed by atoms with van der Waals surface area (Å²) in [6, 6.07) is 8.80. The maximum Gasteiger partial charge on any atom is 0.0726 e. The summed E-state index contributed by atoms with van der Waals surface area (Å²) in [6.45, 7) is 4.42. The molecule has 0 radical (unpaired) electrons. The highest BCUT2D eigenvalue weighted by Gasteiger charge is 2.11. The highest BCUT2D eigenvalue weighted by molar-refractivity contribution is 5.66. The van der Waals surface area contributed by atoms with Crippen LogP contribution in [0.2, 0.25) is 0 Å². The Labute approximate surface area is 104 Å². The summed E-state index contributed by atoms with van der Waals surface area (Å²) in [4.78, 5) is 0. The van der Waals surface area contributed by atoms with Gasteiger partial charge in [-0.25, -0.2) is 0 Å². The van der Waals surface area contributed by atoms with Gasteiger partial charge in [0.2, 0.25) is 0 Å². The van der Waals surface area contributed by atoms with Crippen molar-refractivity contribution in [1.29, 1.82) is 0 Å². The molecule has 0 spiro atoms. The molecular weight excluding hydrogens is 208 g/mol. The molecule has 0 aromatic heterocycles. The topological polar surface area (TPSA) is 20.2 Å². The molecule has 0 saturated carbocycles. The first-order valence-corrected chi connectivity index (χ1v) is 6.66. The van der Waals surface area contributed by atoms with Gasteiger partial charge in [0, 0.05) is 0 Å². The van der Waals surface area contributed by atoms with Crippen molar-refractivity contribution in [2.24, 2.45) is 0 Å². The van der Waals surface area contributed by atoms with Gasteiger partial charge in [-0.1, -0.05) is 50.6 Å². The van der Waals surface area contributed by atoms with Gasteiger partial charge in [-0.2, -0.15) is 0 Å². The van der Waals surface area contributed by atoms with Crippen molar-refractivity contribution in [3.05, 3.63) is 41.5 Å². The van der Waals surface area contributed by atoms with Crippen LogP contribution in [0.5, 0.6) is 0 Å². The summed E-state index contributed by atoms with van der Waals surface area (Å²) in [5.74, 6) is 0.581. The number of aliphatic hydroxyl groups is 1. The normalized spacial score (nSPS) is 21.2. The van der Waals surface area contributed by atoms with E-state index in [4.69, 9.17) is 0 Å². The first-order chi connectivity index (χ1) is 8.16. The van der Waals surface area contributed by atoms with Crippen LogP contribution in [0.3, 0.4) is 0 Å². The Morgan fingerprint density at radius 3 is 2.47 bits per heavy atom. The first kappa shape index (κ1) is 12.4. The Hall–Kier alpha value is -1.08. The molecular formula is C16H22O. The van der Waals surface area contributed by atoms with E-state index in [0.717, 1.165) is 19.3 Å². The minimum Gasteiger partial charge on any atom is -0.389 e. The van der Waals surface area contributed by atoms with Crippen LogP contribution in [-0.4, -0.2) is 11.2 Å². The molecule has 1 heteroatoms. The van der Waals surface area contributed by atoms with Gasteiger partial charge in [0.05, 0.1) is 6.10 Å². The molecule has 0 heterocycles.